The topological polar surface area (TPSA) is 163 Å². The summed E-state index contributed by atoms with van der Waals surface area (Å²) in [6, 6.07) is 4.17. The molecule has 1 aromatic rings. The van der Waals surface area contributed by atoms with E-state index in [1.807, 2.05) is 0 Å². The maximum absolute atomic E-state index is 12.7. The molecule has 34 heavy (non-hydrogen) atoms. The normalized spacial score (nSPS) is 16.3. The second kappa shape index (κ2) is 13.5. The number of ether oxygens (including phenoxy) is 1. The van der Waals surface area contributed by atoms with Crippen molar-refractivity contribution in [1.29, 1.82) is 0 Å². The third-order valence-electron chi connectivity index (χ3n) is 5.37. The van der Waals surface area contributed by atoms with Gasteiger partial charge < -0.3 is 31.5 Å². The summed E-state index contributed by atoms with van der Waals surface area (Å²) in [4.78, 5) is 24.1. The average molecular weight is 516 g/mol. The Labute approximate surface area is 205 Å². The Bertz CT molecular complexity index is 935. The molecule has 1 amide bonds. The van der Waals surface area contributed by atoms with Gasteiger partial charge in [-0.1, -0.05) is 12.1 Å². The van der Waals surface area contributed by atoms with Crippen molar-refractivity contribution in [3.63, 3.8) is 0 Å². The van der Waals surface area contributed by atoms with E-state index >= 15 is 0 Å². The fraction of sp³-hybridized carbons (Fsp3) is 0.571. The third-order valence-corrected chi connectivity index (χ3v) is 7.63. The van der Waals surface area contributed by atoms with Crippen molar-refractivity contribution in [3.05, 3.63) is 29.8 Å². The fourth-order valence-electron chi connectivity index (χ4n) is 3.38. The van der Waals surface area contributed by atoms with Gasteiger partial charge in [-0.05, 0) is 55.6 Å². The van der Waals surface area contributed by atoms with Gasteiger partial charge >= 0.3 is 5.97 Å². The number of sulfonamides is 1. The van der Waals surface area contributed by atoms with E-state index in [1.54, 1.807) is 19.2 Å². The van der Waals surface area contributed by atoms with E-state index in [4.69, 9.17) is 22.7 Å². The quantitative estimate of drug-likeness (QED) is 0.180. The minimum Gasteiger partial charge on any atom is -0.480 e. The van der Waals surface area contributed by atoms with Crippen molar-refractivity contribution < 1.29 is 27.9 Å². The molecule has 0 aliphatic carbocycles. The van der Waals surface area contributed by atoms with Crippen LogP contribution < -0.4 is 21.7 Å². The monoisotopic (exact) mass is 515 g/mol. The van der Waals surface area contributed by atoms with Crippen LogP contribution in [0.15, 0.2) is 29.2 Å². The van der Waals surface area contributed by atoms with Gasteiger partial charge in [-0.25, -0.2) is 13.2 Å². The molecule has 6 N–H and O–H groups in total. The number of hydrogen-bond acceptors (Lipinski definition) is 7. The molecule has 190 valence electrons. The largest absolute Gasteiger partial charge is 0.480 e. The minimum absolute atomic E-state index is 0.140. The number of morpholine rings is 1. The van der Waals surface area contributed by atoms with Crippen LogP contribution in [0.5, 0.6) is 0 Å². The predicted molar refractivity (Wildman–Crippen MR) is 131 cm³/mol. The number of carboxylic acids is 1. The highest BCUT2D eigenvalue weighted by molar-refractivity contribution is 7.89. The first-order valence-electron chi connectivity index (χ1n) is 11.1. The van der Waals surface area contributed by atoms with Crippen molar-refractivity contribution in [3.8, 4) is 0 Å². The van der Waals surface area contributed by atoms with E-state index in [0.29, 0.717) is 56.4 Å². The number of thiocarbonyl (C=S) groups is 1. The molecule has 1 aliphatic rings. The van der Waals surface area contributed by atoms with Crippen molar-refractivity contribution in [2.75, 3.05) is 39.9 Å². The summed E-state index contributed by atoms with van der Waals surface area (Å²) in [5.41, 5.74) is 6.66. The summed E-state index contributed by atoms with van der Waals surface area (Å²) in [6.45, 7) is 1.93. The number of carbonyl (C=O) groups excluding carboxylic acids is 1. The molecule has 0 unspecified atom stereocenters. The molecular weight excluding hydrogens is 482 g/mol. The Balaban J connectivity index is 1.86. The van der Waals surface area contributed by atoms with Gasteiger partial charge in [0.15, 0.2) is 5.11 Å². The second-order valence-corrected chi connectivity index (χ2v) is 10.2. The van der Waals surface area contributed by atoms with Crippen molar-refractivity contribution in [2.24, 2.45) is 5.73 Å². The van der Waals surface area contributed by atoms with E-state index in [9.17, 15) is 23.1 Å². The van der Waals surface area contributed by atoms with Gasteiger partial charge in [-0.3, -0.25) is 4.79 Å². The first-order chi connectivity index (χ1) is 16.1. The maximum Gasteiger partial charge on any atom is 0.326 e. The summed E-state index contributed by atoms with van der Waals surface area (Å²) >= 11 is 4.97. The van der Waals surface area contributed by atoms with Crippen LogP contribution in [0.2, 0.25) is 0 Å². The number of amides is 1. The second-order valence-electron chi connectivity index (χ2n) is 7.87. The van der Waals surface area contributed by atoms with Gasteiger partial charge in [-0.2, -0.15) is 4.31 Å². The summed E-state index contributed by atoms with van der Waals surface area (Å²) in [7, 11) is -1.90. The minimum atomic E-state index is -3.61. The van der Waals surface area contributed by atoms with Gasteiger partial charge in [0.1, 0.15) is 6.04 Å². The highest BCUT2D eigenvalue weighted by Crippen LogP contribution is 2.18. The number of nitrogens with two attached hydrogens (primary N) is 1. The third kappa shape index (κ3) is 8.47. The average Bonchev–Trinajstić information content (AvgIpc) is 2.83. The highest BCUT2D eigenvalue weighted by atomic mass is 32.2. The molecule has 2 rings (SSSR count). The number of nitrogens with one attached hydrogen (secondary N) is 3. The summed E-state index contributed by atoms with van der Waals surface area (Å²) in [5, 5.41) is 18.2. The van der Waals surface area contributed by atoms with Crippen LogP contribution in [0.3, 0.4) is 0 Å². The number of carboxylic acid groups (broad SMARTS) is 1. The van der Waals surface area contributed by atoms with E-state index in [1.165, 1.54) is 16.4 Å². The van der Waals surface area contributed by atoms with Gasteiger partial charge in [0.05, 0.1) is 24.2 Å². The number of rotatable bonds is 12. The number of aliphatic carboxylic acids is 1. The molecule has 1 aromatic carbocycles. The molecule has 0 aromatic heterocycles. The van der Waals surface area contributed by atoms with Crippen LogP contribution in [0, 0.1) is 0 Å². The molecule has 0 spiro atoms. The van der Waals surface area contributed by atoms with Crippen LogP contribution in [0.25, 0.3) is 0 Å². The van der Waals surface area contributed by atoms with E-state index in [2.05, 4.69) is 16.0 Å². The molecule has 1 fully saturated rings. The number of nitrogens with zero attached hydrogens (tertiary/aromatic N) is 1. The van der Waals surface area contributed by atoms with Crippen LogP contribution in [0.4, 0.5) is 0 Å². The van der Waals surface area contributed by atoms with Gasteiger partial charge in [-0.15, -0.1) is 0 Å². The molecule has 0 radical (unpaired) electrons. The molecule has 1 aliphatic heterocycles. The van der Waals surface area contributed by atoms with E-state index < -0.39 is 34.0 Å². The SMILES string of the molecule is CNC(=S)NCCCC[C@H](NC(=O)[C@@H](N)Cc1ccc(S(=O)(=O)N2CCOCC2)cc1)C(=O)O. The van der Waals surface area contributed by atoms with Gasteiger partial charge in [0.2, 0.25) is 15.9 Å². The highest BCUT2D eigenvalue weighted by Gasteiger charge is 2.27. The number of unbranched alkanes of at least 4 members (excludes halogenated alkanes) is 1. The van der Waals surface area contributed by atoms with Gasteiger partial charge in [0.25, 0.3) is 0 Å². The summed E-state index contributed by atoms with van der Waals surface area (Å²) in [5.74, 6) is -1.70. The zero-order valence-electron chi connectivity index (χ0n) is 19.2. The van der Waals surface area contributed by atoms with Crippen LogP contribution in [-0.2, 0) is 30.8 Å². The zero-order chi connectivity index (χ0) is 25.1. The van der Waals surface area contributed by atoms with Crippen LogP contribution in [0.1, 0.15) is 24.8 Å². The van der Waals surface area contributed by atoms with E-state index in [-0.39, 0.29) is 17.7 Å². The Morgan fingerprint density at radius 3 is 2.44 bits per heavy atom. The summed E-state index contributed by atoms with van der Waals surface area (Å²) in [6.07, 6.45) is 1.66. The summed E-state index contributed by atoms with van der Waals surface area (Å²) < 4.78 is 32.0. The predicted octanol–water partition coefficient (Wildman–Crippen LogP) is -0.589. The molecule has 11 nitrogen and oxygen atoms in total. The Morgan fingerprint density at radius 1 is 1.21 bits per heavy atom. The number of hydrogen-bond donors (Lipinski definition) is 5. The Hall–Kier alpha value is -2.32. The van der Waals surface area contributed by atoms with Gasteiger partial charge in [0, 0.05) is 26.7 Å². The standard InChI is InChI=1S/C21H33N5O6S2/c1-23-21(33)24-9-3-2-4-18(20(28)29)25-19(27)17(22)14-15-5-7-16(8-6-15)34(30,31)26-10-12-32-13-11-26/h5-8,17-18H,2-4,9-14,22H2,1H3,(H,25,27)(H,28,29)(H2,23,24,33)/t17-,18-/m0/s1. The molecule has 13 heteroatoms. The lowest BCUT2D eigenvalue weighted by molar-refractivity contribution is -0.142. The lowest BCUT2D eigenvalue weighted by Gasteiger charge is -2.26. The molecule has 2 atom stereocenters. The maximum atomic E-state index is 12.7. The molecular formula is C21H33N5O6S2. The van der Waals surface area contributed by atoms with Crippen molar-refractivity contribution in [2.45, 2.75) is 42.7 Å². The lowest BCUT2D eigenvalue weighted by atomic mass is 10.0. The molecule has 1 saturated heterocycles. The van der Waals surface area contributed by atoms with Crippen LogP contribution in [-0.4, -0.2) is 86.8 Å². The smallest absolute Gasteiger partial charge is 0.326 e. The van der Waals surface area contributed by atoms with Crippen molar-refractivity contribution in [1.82, 2.24) is 20.3 Å². The fourth-order valence-corrected chi connectivity index (χ4v) is 4.89. The van der Waals surface area contributed by atoms with Crippen molar-refractivity contribution >= 4 is 39.2 Å². The molecule has 1 heterocycles. The number of benzene rings is 1. The first-order valence-corrected chi connectivity index (χ1v) is 12.9. The van der Waals surface area contributed by atoms with Crippen LogP contribution >= 0.6 is 12.2 Å². The molecule has 0 bridgehead atoms. The van der Waals surface area contributed by atoms with E-state index in [0.717, 1.165) is 0 Å². The molecule has 0 saturated carbocycles. The first kappa shape index (κ1) is 27.9. The Morgan fingerprint density at radius 2 is 1.85 bits per heavy atom. The lowest BCUT2D eigenvalue weighted by Crippen LogP contribution is -2.49. The Kier molecular flexibility index (Phi) is 11.1. The number of carbonyl (C=O) groups is 2. The zero-order valence-corrected chi connectivity index (χ0v) is 20.8.